The van der Waals surface area contributed by atoms with Crippen molar-refractivity contribution in [3.05, 3.63) is 211 Å². The van der Waals surface area contributed by atoms with Crippen molar-refractivity contribution in [3.8, 4) is 0 Å². The fourth-order valence-electron chi connectivity index (χ4n) is 14.5. The highest BCUT2D eigenvalue weighted by molar-refractivity contribution is 5.37. The van der Waals surface area contributed by atoms with Gasteiger partial charge in [0, 0.05) is 0 Å². The van der Waals surface area contributed by atoms with Crippen molar-refractivity contribution in [2.75, 3.05) is 0 Å². The molecule has 0 N–H and O–H groups in total. The van der Waals surface area contributed by atoms with Crippen LogP contribution in [0, 0.1) is 89.4 Å². The van der Waals surface area contributed by atoms with E-state index in [1.165, 1.54) is 290 Å². The molecule has 0 amide bonds. The number of hydrogen-bond donors (Lipinski definition) is 0. The van der Waals surface area contributed by atoms with Crippen molar-refractivity contribution in [2.45, 2.75) is 413 Å². The topological polar surface area (TPSA) is 0 Å². The van der Waals surface area contributed by atoms with Crippen LogP contribution in [0.25, 0.3) is 0 Å². The second kappa shape index (κ2) is 66.3. The van der Waals surface area contributed by atoms with Gasteiger partial charge in [0.2, 0.25) is 0 Å². The van der Waals surface area contributed by atoms with E-state index in [0.717, 1.165) is 61.2 Å². The second-order valence-corrected chi connectivity index (χ2v) is 32.7. The maximum atomic E-state index is 2.58. The lowest BCUT2D eigenvalue weighted by atomic mass is 9.59. The molecular weight excluding hydrogens is 1260 g/mol. The summed E-state index contributed by atoms with van der Waals surface area (Å²) in [4.78, 5) is 0. The zero-order valence-corrected chi connectivity index (χ0v) is 69.8. The summed E-state index contributed by atoms with van der Waals surface area (Å²) >= 11 is 0. The summed E-state index contributed by atoms with van der Waals surface area (Å²) in [6.45, 7) is 45.3. The van der Waals surface area contributed by atoms with Gasteiger partial charge in [0.25, 0.3) is 0 Å². The molecule has 105 heavy (non-hydrogen) atoms. The first kappa shape index (κ1) is 107. The molecule has 9 rings (SSSR count). The Hall–Kier alpha value is -4.68. The van der Waals surface area contributed by atoms with Crippen LogP contribution in [0.2, 0.25) is 0 Å². The van der Waals surface area contributed by atoms with Crippen LogP contribution in [0.5, 0.6) is 0 Å². The van der Waals surface area contributed by atoms with Crippen LogP contribution in [0.15, 0.2) is 133 Å². The van der Waals surface area contributed by atoms with E-state index < -0.39 is 0 Å². The van der Waals surface area contributed by atoms with E-state index in [2.05, 4.69) is 272 Å². The summed E-state index contributed by atoms with van der Waals surface area (Å²) in [5.41, 5.74) is 20.1. The standard InChI is InChI=1S/C17H32.C17H20.C15H22.C15H16.C14H30.C10H14.C8H18.C4H10.5CH4/c1-13-5-9-15(10-6-13)17(3,4)16-11-7-14(2)8-12-16;1-12-5-7-16(9-14(12)3)11-17-8-6-13(2)15(4)10-17;2*1-12-3-7-14(8-4-12)11-15-9-5-13(2)6-10-15;1-3-5-7-9-11-13-14-12-10-8-6-4-2;1-3-9-6-5-7-10(4-2)8-9;1-3-5-7-8-6-4-2;1-3-4-2;;;;;/h13-16H,5-12H2,1-4H3;5-10H,11H2,1-4H3;3-4,7-8,13,15H,5-6,9-11H2,1-2H3;3-10H,11H2,1-2H3;3-14H2,1-2H3;5-8H,3-4H2,1-2H3;3-8H2,1-2H3;3-4H2,1-2H3;5*1H4. The Morgan fingerprint density at radius 2 is 0.533 bits per heavy atom. The highest BCUT2D eigenvalue weighted by atomic mass is 14.4. The van der Waals surface area contributed by atoms with Crippen molar-refractivity contribution in [2.24, 2.45) is 40.9 Å². The number of aryl methyl sites for hydroxylation is 9. The predicted octanol–water partition coefficient (Wildman–Crippen LogP) is 35.3. The SMILES string of the molecule is C.C.C.C.C.CC1CCC(C(C)(C)C2CCC(C)CC2)CC1.CCCC.CCCCCCCC.CCCCCCCCCCCCCC.CCc1cccc(CC)c1.Cc1ccc(CC2CCC(C)CC2)cc1.Cc1ccc(Cc2ccc(C)c(C)c2)cc1C.Cc1ccc(Cc2ccc(C)cc2)cc1. The molecule has 3 aliphatic rings. The first-order valence-corrected chi connectivity index (χ1v) is 42.5. The Bertz CT molecular complexity index is 2680. The lowest BCUT2D eigenvalue weighted by Gasteiger charge is -2.46. The molecular formula is C105H182. The molecule has 0 unspecified atom stereocenters. The molecule has 3 aliphatic carbocycles. The van der Waals surface area contributed by atoms with Gasteiger partial charge in [-0.25, -0.2) is 0 Å². The van der Waals surface area contributed by atoms with E-state index in [9.17, 15) is 0 Å². The molecule has 0 spiro atoms. The summed E-state index contributed by atoms with van der Waals surface area (Å²) in [6.07, 6.45) is 51.9. The minimum absolute atomic E-state index is 0. The quantitative estimate of drug-likeness (QED) is 0.0451. The van der Waals surface area contributed by atoms with E-state index in [0.29, 0.717) is 5.41 Å². The van der Waals surface area contributed by atoms with Gasteiger partial charge in [-0.15, -0.1) is 0 Å². The van der Waals surface area contributed by atoms with Crippen molar-refractivity contribution < 1.29 is 0 Å². The minimum atomic E-state index is 0. The van der Waals surface area contributed by atoms with E-state index >= 15 is 0 Å². The Labute approximate surface area is 661 Å². The Kier molecular flexibility index (Phi) is 67.4. The lowest BCUT2D eigenvalue weighted by Crippen LogP contribution is -2.36. The van der Waals surface area contributed by atoms with Gasteiger partial charge < -0.3 is 0 Å². The van der Waals surface area contributed by atoms with Crippen molar-refractivity contribution >= 4 is 0 Å². The number of benzene rings is 6. The van der Waals surface area contributed by atoms with Gasteiger partial charge in [-0.1, -0.05) is 444 Å². The van der Waals surface area contributed by atoms with E-state index in [4.69, 9.17) is 0 Å². The van der Waals surface area contributed by atoms with Crippen molar-refractivity contribution in [1.82, 2.24) is 0 Å². The van der Waals surface area contributed by atoms with Gasteiger partial charge in [-0.2, -0.15) is 0 Å². The zero-order chi connectivity index (χ0) is 73.8. The highest BCUT2D eigenvalue weighted by Crippen LogP contribution is 2.49. The van der Waals surface area contributed by atoms with E-state index in [1.807, 2.05) is 0 Å². The monoisotopic (exact) mass is 1440 g/mol. The molecule has 6 aromatic carbocycles. The third-order valence-corrected chi connectivity index (χ3v) is 22.8. The van der Waals surface area contributed by atoms with Crippen LogP contribution >= 0.6 is 0 Å². The molecule has 0 bridgehead atoms. The van der Waals surface area contributed by atoms with Crippen LogP contribution in [0.1, 0.15) is 410 Å². The van der Waals surface area contributed by atoms with Crippen LogP contribution in [0.4, 0.5) is 0 Å². The maximum Gasteiger partial charge on any atom is -0.00256 e. The van der Waals surface area contributed by atoms with Gasteiger partial charge in [0.15, 0.2) is 0 Å². The predicted molar refractivity (Wildman–Crippen MR) is 487 cm³/mol. The third kappa shape index (κ3) is 50.6. The molecule has 0 heteroatoms. The van der Waals surface area contributed by atoms with E-state index in [1.54, 1.807) is 0 Å². The minimum Gasteiger partial charge on any atom is -0.0776 e. The lowest BCUT2D eigenvalue weighted by molar-refractivity contribution is 0.0421. The Balaban J connectivity index is -0.000000563. The first-order chi connectivity index (χ1) is 48.1. The van der Waals surface area contributed by atoms with Gasteiger partial charge in [0.1, 0.15) is 0 Å². The molecule has 602 valence electrons. The summed E-state index contributed by atoms with van der Waals surface area (Å²) < 4.78 is 0. The molecule has 0 saturated heterocycles. The number of hydrogen-bond acceptors (Lipinski definition) is 0. The van der Waals surface area contributed by atoms with Crippen molar-refractivity contribution in [1.29, 1.82) is 0 Å². The summed E-state index contributed by atoms with van der Waals surface area (Å²) in [7, 11) is 0. The van der Waals surface area contributed by atoms with Gasteiger partial charge in [-0.05, 0) is 221 Å². The largest absolute Gasteiger partial charge is 0.0776 e. The fraction of sp³-hybridized carbons (Fsp3) is 0.657. The molecule has 0 aromatic heterocycles. The van der Waals surface area contributed by atoms with Crippen LogP contribution in [0.3, 0.4) is 0 Å². The molecule has 6 aromatic rings. The summed E-state index contributed by atoms with van der Waals surface area (Å²) in [6, 6.07) is 48.8. The van der Waals surface area contributed by atoms with Crippen molar-refractivity contribution in [3.63, 3.8) is 0 Å². The van der Waals surface area contributed by atoms with Gasteiger partial charge >= 0.3 is 0 Å². The molecule has 0 nitrogen and oxygen atoms in total. The highest BCUT2D eigenvalue weighted by Gasteiger charge is 2.39. The fourth-order valence-corrected chi connectivity index (χ4v) is 14.5. The van der Waals surface area contributed by atoms with Crippen LogP contribution in [-0.4, -0.2) is 0 Å². The Morgan fingerprint density at radius 1 is 0.267 bits per heavy atom. The van der Waals surface area contributed by atoms with Crippen LogP contribution < -0.4 is 0 Å². The smallest absolute Gasteiger partial charge is 0.00256 e. The van der Waals surface area contributed by atoms with Gasteiger partial charge in [-0.3, -0.25) is 0 Å². The zero-order valence-electron chi connectivity index (χ0n) is 69.8. The summed E-state index contributed by atoms with van der Waals surface area (Å²) in [5, 5.41) is 0. The molecule has 0 radical (unpaired) electrons. The maximum absolute atomic E-state index is 2.58. The second-order valence-electron chi connectivity index (χ2n) is 32.7. The van der Waals surface area contributed by atoms with Crippen LogP contribution in [-0.2, 0) is 32.1 Å². The normalized spacial score (nSPS) is 16.9. The average molecular weight is 1440 g/mol. The number of unbranched alkanes of at least 4 members (excludes halogenated alkanes) is 17. The first-order valence-electron chi connectivity index (χ1n) is 42.5. The van der Waals surface area contributed by atoms with Gasteiger partial charge in [0.05, 0.1) is 0 Å². The third-order valence-electron chi connectivity index (χ3n) is 22.8. The van der Waals surface area contributed by atoms with E-state index in [-0.39, 0.29) is 37.1 Å². The molecule has 0 heterocycles. The molecule has 3 fully saturated rings. The number of rotatable bonds is 27. The molecule has 3 saturated carbocycles. The Morgan fingerprint density at radius 3 is 0.810 bits per heavy atom. The molecule has 0 aliphatic heterocycles. The molecule has 0 atom stereocenters. The average Bonchev–Trinajstić information content (AvgIpc) is 0.808. The summed E-state index contributed by atoms with van der Waals surface area (Å²) in [5.74, 6) is 5.93.